The number of rotatable bonds is 2. The molecule has 9 heteroatoms. The van der Waals surface area contributed by atoms with E-state index in [1.54, 1.807) is 0 Å². The van der Waals surface area contributed by atoms with Crippen LogP contribution in [0, 0.1) is 0 Å². The first-order valence-electron chi connectivity index (χ1n) is 3.08. The summed E-state index contributed by atoms with van der Waals surface area (Å²) in [5.74, 6) is -2.98. The van der Waals surface area contributed by atoms with Gasteiger partial charge < -0.3 is 0 Å². The highest BCUT2D eigenvalue weighted by atomic mass is 35.5. The largest absolute Gasteiger partial charge is 0.505 e. The second-order valence-corrected chi connectivity index (χ2v) is 3.44. The minimum atomic E-state index is -4.84. The van der Waals surface area contributed by atoms with Crippen molar-refractivity contribution in [3.05, 3.63) is 11.2 Å². The van der Waals surface area contributed by atoms with Gasteiger partial charge in [-0.25, -0.2) is 0 Å². The molecular weight excluding hydrogens is 251 g/mol. The van der Waals surface area contributed by atoms with E-state index in [0.717, 1.165) is 0 Å². The van der Waals surface area contributed by atoms with E-state index in [9.17, 15) is 22.0 Å². The number of aromatic nitrogens is 2. The summed E-state index contributed by atoms with van der Waals surface area (Å²) >= 11 is 4.96. The molecule has 2 nitrogen and oxygen atoms in total. The van der Waals surface area contributed by atoms with E-state index < -0.39 is 26.8 Å². The molecule has 0 N–H and O–H groups in total. The van der Waals surface area contributed by atoms with Gasteiger partial charge >= 0.3 is 6.30 Å². The second kappa shape index (κ2) is 3.93. The summed E-state index contributed by atoms with van der Waals surface area (Å²) in [6, 6.07) is 0. The van der Waals surface area contributed by atoms with Gasteiger partial charge in [-0.2, -0.15) is 18.6 Å². The molecular formula is C5H2ClF5N2S. The Hall–Kier alpha value is -0.500. The Morgan fingerprint density at radius 1 is 1.43 bits per heavy atom. The van der Waals surface area contributed by atoms with Crippen LogP contribution in [0.2, 0.25) is 5.02 Å². The molecule has 0 atom stereocenters. The van der Waals surface area contributed by atoms with E-state index in [-0.39, 0.29) is 11.8 Å². The average Bonchev–Trinajstić information content (AvgIpc) is 2.30. The molecule has 0 aliphatic heterocycles. The smallest absolute Gasteiger partial charge is 0.198 e. The number of halogens is 6. The van der Waals surface area contributed by atoms with E-state index in [1.807, 2.05) is 0 Å². The minimum Gasteiger partial charge on any atom is -0.198 e. The zero-order chi connectivity index (χ0) is 10.9. The number of hydrogen-bond donors (Lipinski definition) is 0. The fraction of sp³-hybridized carbons (Fsp3) is 0.400. The Labute approximate surface area is 84.0 Å². The Bertz CT molecular complexity index is 322. The van der Waals surface area contributed by atoms with Gasteiger partial charge in [0.1, 0.15) is 5.03 Å². The predicted octanol–water partition coefficient (Wildman–Crippen LogP) is 3.33. The molecule has 0 saturated heterocycles. The van der Waals surface area contributed by atoms with E-state index >= 15 is 0 Å². The quantitative estimate of drug-likeness (QED) is 0.593. The van der Waals surface area contributed by atoms with Crippen molar-refractivity contribution in [3.63, 3.8) is 0 Å². The molecule has 1 aromatic rings. The lowest BCUT2D eigenvalue weighted by molar-refractivity contribution is -0.217. The third-order valence-electron chi connectivity index (χ3n) is 1.12. The SMILES string of the molecule is FC(F)Sc1c(Cl)cnn1C(F)(F)F. The Morgan fingerprint density at radius 2 is 2.00 bits per heavy atom. The molecule has 0 saturated carbocycles. The number of alkyl halides is 5. The van der Waals surface area contributed by atoms with Crippen molar-refractivity contribution in [3.8, 4) is 0 Å². The molecule has 0 spiro atoms. The van der Waals surface area contributed by atoms with Gasteiger partial charge in [-0.3, -0.25) is 0 Å². The van der Waals surface area contributed by atoms with Crippen molar-refractivity contribution in [2.45, 2.75) is 17.1 Å². The fourth-order valence-corrected chi connectivity index (χ4v) is 1.53. The zero-order valence-corrected chi connectivity index (χ0v) is 7.80. The molecule has 0 aromatic carbocycles. The summed E-state index contributed by atoms with van der Waals surface area (Å²) in [5.41, 5.74) is 0. The van der Waals surface area contributed by atoms with Crippen LogP contribution >= 0.6 is 23.4 Å². The van der Waals surface area contributed by atoms with E-state index in [0.29, 0.717) is 6.20 Å². The summed E-state index contributed by atoms with van der Waals surface area (Å²) in [7, 11) is 0. The van der Waals surface area contributed by atoms with Gasteiger partial charge in [-0.15, -0.1) is 13.2 Å². The fourth-order valence-electron chi connectivity index (χ4n) is 0.688. The van der Waals surface area contributed by atoms with Gasteiger partial charge in [-0.1, -0.05) is 11.6 Å². The average molecular weight is 253 g/mol. The predicted molar refractivity (Wildman–Crippen MR) is 40.4 cm³/mol. The highest BCUT2D eigenvalue weighted by Crippen LogP contribution is 2.36. The van der Waals surface area contributed by atoms with Crippen LogP contribution in [0.1, 0.15) is 0 Å². The maximum atomic E-state index is 12.1. The van der Waals surface area contributed by atoms with Crippen molar-refractivity contribution >= 4 is 23.4 Å². The van der Waals surface area contributed by atoms with Crippen LogP contribution in [0.4, 0.5) is 22.0 Å². The van der Waals surface area contributed by atoms with Gasteiger partial charge in [0.15, 0.2) is 0 Å². The van der Waals surface area contributed by atoms with Crippen molar-refractivity contribution < 1.29 is 22.0 Å². The third-order valence-corrected chi connectivity index (χ3v) is 2.31. The van der Waals surface area contributed by atoms with Crippen LogP contribution in [-0.4, -0.2) is 15.5 Å². The lowest BCUT2D eigenvalue weighted by atomic mass is 10.7. The van der Waals surface area contributed by atoms with Crippen molar-refractivity contribution in [2.75, 3.05) is 0 Å². The third kappa shape index (κ3) is 2.50. The first-order valence-corrected chi connectivity index (χ1v) is 4.33. The van der Waals surface area contributed by atoms with Crippen LogP contribution in [0.15, 0.2) is 11.2 Å². The lowest BCUT2D eigenvalue weighted by Gasteiger charge is -2.09. The topological polar surface area (TPSA) is 17.8 Å². The van der Waals surface area contributed by atoms with Gasteiger partial charge in [0, 0.05) is 0 Å². The first kappa shape index (κ1) is 11.6. The molecule has 0 unspecified atom stereocenters. The molecule has 0 amide bonds. The maximum Gasteiger partial charge on any atom is 0.505 e. The molecule has 0 bridgehead atoms. The number of nitrogens with zero attached hydrogens (tertiary/aromatic N) is 2. The molecule has 1 heterocycles. The Morgan fingerprint density at radius 3 is 2.43 bits per heavy atom. The molecule has 14 heavy (non-hydrogen) atoms. The van der Waals surface area contributed by atoms with Gasteiger partial charge in [0.2, 0.25) is 0 Å². The molecule has 80 valence electrons. The highest BCUT2D eigenvalue weighted by Gasteiger charge is 2.36. The number of hydrogen-bond acceptors (Lipinski definition) is 2. The Kier molecular flexibility index (Phi) is 3.25. The van der Waals surface area contributed by atoms with Crippen molar-refractivity contribution in [1.82, 2.24) is 9.78 Å². The minimum absolute atomic E-state index is 0.300. The monoisotopic (exact) mass is 252 g/mol. The standard InChI is InChI=1S/C5H2ClF5N2S/c6-2-1-12-13(5(9,10)11)3(2)14-4(7)8/h1,4H. The summed E-state index contributed by atoms with van der Waals surface area (Å²) < 4.78 is 59.5. The number of thioether (sulfide) groups is 1. The molecule has 1 aromatic heterocycles. The molecule has 0 radical (unpaired) electrons. The van der Waals surface area contributed by atoms with Crippen LogP contribution in [-0.2, 0) is 6.30 Å². The van der Waals surface area contributed by atoms with E-state index in [2.05, 4.69) is 5.10 Å². The van der Waals surface area contributed by atoms with Gasteiger partial charge in [0.25, 0.3) is 5.76 Å². The van der Waals surface area contributed by atoms with Crippen molar-refractivity contribution in [1.29, 1.82) is 0 Å². The summed E-state index contributed by atoms with van der Waals surface area (Å²) in [6.45, 7) is 0. The van der Waals surface area contributed by atoms with Gasteiger partial charge in [0.05, 0.1) is 11.2 Å². The van der Waals surface area contributed by atoms with E-state index in [1.165, 1.54) is 0 Å². The van der Waals surface area contributed by atoms with Crippen LogP contribution < -0.4 is 0 Å². The highest BCUT2D eigenvalue weighted by molar-refractivity contribution is 7.99. The van der Waals surface area contributed by atoms with Crippen LogP contribution in [0.5, 0.6) is 0 Å². The lowest BCUT2D eigenvalue weighted by Crippen LogP contribution is -2.19. The van der Waals surface area contributed by atoms with E-state index in [4.69, 9.17) is 11.6 Å². The van der Waals surface area contributed by atoms with Crippen LogP contribution in [0.3, 0.4) is 0 Å². The molecule has 1 rings (SSSR count). The normalized spacial score (nSPS) is 12.5. The maximum absolute atomic E-state index is 12.1. The second-order valence-electron chi connectivity index (χ2n) is 2.06. The Balaban J connectivity index is 3.06. The zero-order valence-electron chi connectivity index (χ0n) is 6.23. The molecule has 0 aliphatic carbocycles. The molecule has 0 fully saturated rings. The summed E-state index contributed by atoms with van der Waals surface area (Å²) in [6.07, 6.45) is -4.18. The first-order chi connectivity index (χ1) is 6.32. The van der Waals surface area contributed by atoms with Crippen LogP contribution in [0.25, 0.3) is 0 Å². The summed E-state index contributed by atoms with van der Waals surface area (Å²) in [4.78, 5) is 0. The van der Waals surface area contributed by atoms with Crippen molar-refractivity contribution in [2.24, 2.45) is 0 Å². The summed E-state index contributed by atoms with van der Waals surface area (Å²) in [5, 5.41) is 1.58. The van der Waals surface area contributed by atoms with Gasteiger partial charge in [-0.05, 0) is 11.8 Å². The molecule has 0 aliphatic rings.